The van der Waals surface area contributed by atoms with Crippen molar-refractivity contribution in [3.63, 3.8) is 0 Å². The van der Waals surface area contributed by atoms with Crippen LogP contribution in [-0.2, 0) is 11.3 Å². The molecule has 0 saturated carbocycles. The van der Waals surface area contributed by atoms with Crippen LogP contribution in [0.4, 0.5) is 0 Å². The lowest BCUT2D eigenvalue weighted by molar-refractivity contribution is -0.119. The maximum Gasteiger partial charge on any atom is 0.254 e. The van der Waals surface area contributed by atoms with E-state index in [2.05, 4.69) is 10.3 Å². The summed E-state index contributed by atoms with van der Waals surface area (Å²) in [6.45, 7) is 5.49. The summed E-state index contributed by atoms with van der Waals surface area (Å²) in [6.07, 6.45) is 1.87. The van der Waals surface area contributed by atoms with Crippen LogP contribution in [-0.4, -0.2) is 34.8 Å². The molecule has 5 nitrogen and oxygen atoms in total. The number of hydrogen-bond acceptors (Lipinski definition) is 4. The lowest BCUT2D eigenvalue weighted by Crippen LogP contribution is -2.38. The molecule has 25 heavy (non-hydrogen) atoms. The molecule has 132 valence electrons. The van der Waals surface area contributed by atoms with Gasteiger partial charge in [0.25, 0.3) is 5.91 Å². The molecule has 0 aliphatic carbocycles. The number of aromatic nitrogens is 1. The number of piperidine rings is 1. The number of hydrogen-bond donors (Lipinski definition) is 1. The number of nitrogens with one attached hydrogen (secondary N) is 1. The van der Waals surface area contributed by atoms with Crippen molar-refractivity contribution in [3.8, 4) is 0 Å². The molecule has 1 aliphatic rings. The van der Waals surface area contributed by atoms with Gasteiger partial charge in [-0.3, -0.25) is 9.59 Å². The molecule has 2 amide bonds. The van der Waals surface area contributed by atoms with E-state index in [1.807, 2.05) is 41.5 Å². The van der Waals surface area contributed by atoms with Crippen molar-refractivity contribution >= 4 is 23.2 Å². The average Bonchev–Trinajstić information content (AvgIpc) is 3.09. The molecule has 1 aromatic heterocycles. The van der Waals surface area contributed by atoms with Crippen molar-refractivity contribution in [1.29, 1.82) is 0 Å². The van der Waals surface area contributed by atoms with E-state index in [9.17, 15) is 9.59 Å². The fraction of sp³-hybridized carbons (Fsp3) is 0.421. The highest BCUT2D eigenvalue weighted by Crippen LogP contribution is 2.31. The number of likely N-dealkylation sites (tertiary alicyclic amines) is 1. The minimum absolute atomic E-state index is 0.0439. The molecule has 6 heteroatoms. The molecule has 1 aromatic carbocycles. The lowest BCUT2D eigenvalue weighted by Gasteiger charge is -2.31. The zero-order valence-corrected chi connectivity index (χ0v) is 15.4. The molecule has 1 fully saturated rings. The predicted octanol–water partition coefficient (Wildman–Crippen LogP) is 3.11. The maximum absolute atomic E-state index is 12.7. The second kappa shape index (κ2) is 7.78. The number of amides is 2. The van der Waals surface area contributed by atoms with Gasteiger partial charge in [-0.15, -0.1) is 11.3 Å². The van der Waals surface area contributed by atoms with Gasteiger partial charge in [-0.1, -0.05) is 18.2 Å². The van der Waals surface area contributed by atoms with Crippen molar-refractivity contribution in [2.24, 2.45) is 0 Å². The van der Waals surface area contributed by atoms with Crippen LogP contribution in [0.25, 0.3) is 0 Å². The number of carbonyl (C=O) groups excluding carboxylic acids is 2. The Morgan fingerprint density at radius 3 is 2.68 bits per heavy atom. The molecule has 0 radical (unpaired) electrons. The first-order valence-electron chi connectivity index (χ1n) is 8.58. The van der Waals surface area contributed by atoms with Gasteiger partial charge >= 0.3 is 0 Å². The molecule has 1 N–H and O–H groups in total. The fourth-order valence-corrected chi connectivity index (χ4v) is 4.11. The van der Waals surface area contributed by atoms with Crippen LogP contribution >= 0.6 is 11.3 Å². The number of thiazole rings is 1. The van der Waals surface area contributed by atoms with Gasteiger partial charge in [-0.05, 0) is 31.4 Å². The van der Waals surface area contributed by atoms with Gasteiger partial charge in [0, 0.05) is 36.9 Å². The van der Waals surface area contributed by atoms with Crippen LogP contribution in [0.1, 0.15) is 52.3 Å². The van der Waals surface area contributed by atoms with Crippen molar-refractivity contribution in [1.82, 2.24) is 15.2 Å². The second-order valence-corrected chi connectivity index (χ2v) is 7.36. The Kier molecular flexibility index (Phi) is 5.48. The van der Waals surface area contributed by atoms with Gasteiger partial charge in [0.1, 0.15) is 0 Å². The Morgan fingerprint density at radius 2 is 2.00 bits per heavy atom. The van der Waals surface area contributed by atoms with E-state index in [1.165, 1.54) is 6.92 Å². The van der Waals surface area contributed by atoms with Crippen molar-refractivity contribution in [2.75, 3.05) is 13.1 Å². The summed E-state index contributed by atoms with van der Waals surface area (Å²) < 4.78 is 0. The van der Waals surface area contributed by atoms with Gasteiger partial charge in [0.05, 0.1) is 17.2 Å². The summed E-state index contributed by atoms with van der Waals surface area (Å²) in [4.78, 5) is 30.3. The van der Waals surface area contributed by atoms with E-state index in [1.54, 1.807) is 11.3 Å². The van der Waals surface area contributed by atoms with E-state index in [4.69, 9.17) is 0 Å². The fourth-order valence-electron chi connectivity index (χ4n) is 3.12. The summed E-state index contributed by atoms with van der Waals surface area (Å²) in [5.41, 5.74) is 2.73. The highest BCUT2D eigenvalue weighted by Gasteiger charge is 2.26. The zero-order chi connectivity index (χ0) is 17.8. The highest BCUT2D eigenvalue weighted by atomic mass is 32.1. The topological polar surface area (TPSA) is 62.3 Å². The first-order valence-corrected chi connectivity index (χ1v) is 9.46. The highest BCUT2D eigenvalue weighted by molar-refractivity contribution is 7.09. The van der Waals surface area contributed by atoms with Crippen LogP contribution in [0.3, 0.4) is 0 Å². The van der Waals surface area contributed by atoms with Gasteiger partial charge in [-0.2, -0.15) is 0 Å². The van der Waals surface area contributed by atoms with E-state index in [0.717, 1.165) is 47.8 Å². The monoisotopic (exact) mass is 357 g/mol. The van der Waals surface area contributed by atoms with Crippen LogP contribution in [0, 0.1) is 6.92 Å². The van der Waals surface area contributed by atoms with E-state index in [-0.39, 0.29) is 11.8 Å². The molecule has 0 unspecified atom stereocenters. The number of rotatable bonds is 4. The van der Waals surface area contributed by atoms with Crippen LogP contribution < -0.4 is 5.32 Å². The SMILES string of the molecule is CC(=O)NCc1csc(C2CCN(C(=O)c3ccccc3C)CC2)n1. The first kappa shape index (κ1) is 17.6. The van der Waals surface area contributed by atoms with Crippen molar-refractivity contribution < 1.29 is 9.59 Å². The van der Waals surface area contributed by atoms with Crippen LogP contribution in [0.5, 0.6) is 0 Å². The lowest BCUT2D eigenvalue weighted by atomic mass is 9.96. The zero-order valence-electron chi connectivity index (χ0n) is 14.6. The molecule has 2 aromatic rings. The first-order chi connectivity index (χ1) is 12.0. The van der Waals surface area contributed by atoms with Gasteiger partial charge in [0.2, 0.25) is 5.91 Å². The molecular formula is C19H23N3O2S. The van der Waals surface area contributed by atoms with Gasteiger partial charge < -0.3 is 10.2 Å². The smallest absolute Gasteiger partial charge is 0.254 e. The van der Waals surface area contributed by atoms with Crippen LogP contribution in [0.2, 0.25) is 0 Å². The van der Waals surface area contributed by atoms with E-state index in [0.29, 0.717) is 12.5 Å². The predicted molar refractivity (Wildman–Crippen MR) is 98.7 cm³/mol. The summed E-state index contributed by atoms with van der Waals surface area (Å²) >= 11 is 1.65. The minimum atomic E-state index is -0.0439. The summed E-state index contributed by atoms with van der Waals surface area (Å²) in [7, 11) is 0. The number of aryl methyl sites for hydroxylation is 1. The van der Waals surface area contributed by atoms with Crippen LogP contribution in [0.15, 0.2) is 29.6 Å². The minimum Gasteiger partial charge on any atom is -0.351 e. The van der Waals surface area contributed by atoms with Gasteiger partial charge in [0.15, 0.2) is 0 Å². The molecule has 0 spiro atoms. The standard InChI is InChI=1S/C19H23N3O2S/c1-13-5-3-4-6-17(13)19(24)22-9-7-15(8-10-22)18-21-16(12-25-18)11-20-14(2)23/h3-6,12,15H,7-11H2,1-2H3,(H,20,23). The summed E-state index contributed by atoms with van der Waals surface area (Å²) in [5, 5.41) is 5.90. The summed E-state index contributed by atoms with van der Waals surface area (Å²) in [5.74, 6) is 0.483. The Bertz CT molecular complexity index is 764. The molecule has 1 saturated heterocycles. The molecule has 0 bridgehead atoms. The molecular weight excluding hydrogens is 334 g/mol. The van der Waals surface area contributed by atoms with E-state index >= 15 is 0 Å². The van der Waals surface area contributed by atoms with Gasteiger partial charge in [-0.25, -0.2) is 4.98 Å². The Morgan fingerprint density at radius 1 is 1.28 bits per heavy atom. The molecule has 3 rings (SSSR count). The summed E-state index contributed by atoms with van der Waals surface area (Å²) in [6, 6.07) is 7.75. The Balaban J connectivity index is 1.58. The Hall–Kier alpha value is -2.21. The van der Waals surface area contributed by atoms with Crippen molar-refractivity contribution in [2.45, 2.75) is 39.2 Å². The average molecular weight is 357 g/mol. The second-order valence-electron chi connectivity index (χ2n) is 6.47. The molecule has 0 atom stereocenters. The third-order valence-corrected chi connectivity index (χ3v) is 5.65. The third kappa shape index (κ3) is 4.25. The number of carbonyl (C=O) groups is 2. The van der Waals surface area contributed by atoms with Crippen molar-refractivity contribution in [3.05, 3.63) is 51.5 Å². The largest absolute Gasteiger partial charge is 0.351 e. The third-order valence-electron chi connectivity index (χ3n) is 4.59. The number of nitrogens with zero attached hydrogens (tertiary/aromatic N) is 2. The van der Waals surface area contributed by atoms with E-state index < -0.39 is 0 Å². The Labute approximate surface area is 152 Å². The maximum atomic E-state index is 12.7. The molecule has 2 heterocycles. The number of benzene rings is 1. The molecule has 1 aliphatic heterocycles. The normalized spacial score (nSPS) is 15.2. The quantitative estimate of drug-likeness (QED) is 0.914.